The summed E-state index contributed by atoms with van der Waals surface area (Å²) in [5, 5.41) is 3.17. The van der Waals surface area contributed by atoms with E-state index in [0.29, 0.717) is 6.54 Å². The van der Waals surface area contributed by atoms with Gasteiger partial charge in [0.15, 0.2) is 0 Å². The van der Waals surface area contributed by atoms with Crippen LogP contribution >= 0.6 is 0 Å². The summed E-state index contributed by atoms with van der Waals surface area (Å²) >= 11 is 0. The number of carbonyl (C=O) groups excluding carboxylic acids is 1. The first kappa shape index (κ1) is 10.3. The SMILES string of the molecule is C=CCNCC1(C(=O)OC)CCC1. The van der Waals surface area contributed by atoms with Gasteiger partial charge < -0.3 is 10.1 Å². The van der Waals surface area contributed by atoms with Gasteiger partial charge in [-0.15, -0.1) is 6.58 Å². The average Bonchev–Trinajstić information content (AvgIpc) is 2.08. The van der Waals surface area contributed by atoms with E-state index in [-0.39, 0.29) is 11.4 Å². The second-order valence-corrected chi connectivity index (χ2v) is 3.55. The monoisotopic (exact) mass is 183 g/mol. The molecule has 0 unspecified atom stereocenters. The highest BCUT2D eigenvalue weighted by Crippen LogP contribution is 2.41. The Morgan fingerprint density at radius 3 is 2.77 bits per heavy atom. The Balaban J connectivity index is 2.40. The van der Waals surface area contributed by atoms with Gasteiger partial charge >= 0.3 is 5.97 Å². The van der Waals surface area contributed by atoms with Crippen LogP contribution in [0.1, 0.15) is 19.3 Å². The van der Waals surface area contributed by atoms with Gasteiger partial charge in [-0.3, -0.25) is 4.79 Å². The number of esters is 1. The van der Waals surface area contributed by atoms with Crippen LogP contribution in [0.25, 0.3) is 0 Å². The fourth-order valence-electron chi connectivity index (χ4n) is 1.69. The first-order valence-corrected chi connectivity index (χ1v) is 4.65. The van der Waals surface area contributed by atoms with E-state index in [2.05, 4.69) is 11.9 Å². The molecule has 1 rings (SSSR count). The third kappa shape index (κ3) is 2.10. The Morgan fingerprint density at radius 1 is 1.69 bits per heavy atom. The van der Waals surface area contributed by atoms with E-state index < -0.39 is 0 Å². The fourth-order valence-corrected chi connectivity index (χ4v) is 1.69. The average molecular weight is 183 g/mol. The Morgan fingerprint density at radius 2 is 2.38 bits per heavy atom. The van der Waals surface area contributed by atoms with Gasteiger partial charge in [0.05, 0.1) is 12.5 Å². The van der Waals surface area contributed by atoms with Crippen LogP contribution < -0.4 is 5.32 Å². The molecule has 1 aliphatic carbocycles. The molecule has 1 saturated carbocycles. The number of carbonyl (C=O) groups is 1. The molecule has 0 atom stereocenters. The van der Waals surface area contributed by atoms with Crippen molar-refractivity contribution in [2.24, 2.45) is 5.41 Å². The number of methoxy groups -OCH3 is 1. The molecule has 3 nitrogen and oxygen atoms in total. The van der Waals surface area contributed by atoms with Crippen LogP contribution in [0.3, 0.4) is 0 Å². The highest BCUT2D eigenvalue weighted by molar-refractivity contribution is 5.78. The molecular weight excluding hydrogens is 166 g/mol. The molecule has 1 fully saturated rings. The zero-order valence-electron chi connectivity index (χ0n) is 8.14. The molecule has 0 amide bonds. The van der Waals surface area contributed by atoms with E-state index in [0.717, 1.165) is 25.8 Å². The van der Waals surface area contributed by atoms with Gasteiger partial charge in [-0.25, -0.2) is 0 Å². The Kier molecular flexibility index (Phi) is 3.48. The zero-order chi connectivity index (χ0) is 9.73. The molecule has 1 aliphatic rings. The lowest BCUT2D eigenvalue weighted by atomic mass is 9.68. The van der Waals surface area contributed by atoms with Crippen LogP contribution in [0.5, 0.6) is 0 Å². The van der Waals surface area contributed by atoms with E-state index in [9.17, 15) is 4.79 Å². The summed E-state index contributed by atoms with van der Waals surface area (Å²) < 4.78 is 4.78. The maximum atomic E-state index is 11.4. The molecule has 0 aromatic heterocycles. The molecule has 0 spiro atoms. The second kappa shape index (κ2) is 4.42. The van der Waals surface area contributed by atoms with Crippen molar-refractivity contribution in [2.75, 3.05) is 20.2 Å². The van der Waals surface area contributed by atoms with Crippen LogP contribution in [0.4, 0.5) is 0 Å². The number of rotatable bonds is 5. The van der Waals surface area contributed by atoms with Crippen molar-refractivity contribution >= 4 is 5.97 Å². The minimum Gasteiger partial charge on any atom is -0.469 e. The van der Waals surface area contributed by atoms with Gasteiger partial charge in [-0.2, -0.15) is 0 Å². The number of nitrogens with one attached hydrogen (secondary N) is 1. The third-order valence-electron chi connectivity index (χ3n) is 2.68. The summed E-state index contributed by atoms with van der Waals surface area (Å²) in [5.74, 6) is -0.0738. The summed E-state index contributed by atoms with van der Waals surface area (Å²) in [6.07, 6.45) is 4.82. The van der Waals surface area contributed by atoms with Gasteiger partial charge in [0.2, 0.25) is 0 Å². The van der Waals surface area contributed by atoms with Crippen molar-refractivity contribution < 1.29 is 9.53 Å². The normalized spacial score (nSPS) is 18.8. The van der Waals surface area contributed by atoms with Gasteiger partial charge in [-0.05, 0) is 12.8 Å². The molecule has 0 saturated heterocycles. The lowest BCUT2D eigenvalue weighted by Crippen LogP contribution is -2.46. The maximum absolute atomic E-state index is 11.4. The van der Waals surface area contributed by atoms with Crippen LogP contribution in [0.2, 0.25) is 0 Å². The topological polar surface area (TPSA) is 38.3 Å². The highest BCUT2D eigenvalue weighted by Gasteiger charge is 2.44. The standard InChI is InChI=1S/C10H17NO2/c1-3-7-11-8-10(5-4-6-10)9(12)13-2/h3,11H,1,4-8H2,2H3. The second-order valence-electron chi connectivity index (χ2n) is 3.55. The predicted octanol–water partition coefficient (Wildman–Crippen LogP) is 1.11. The molecule has 3 heteroatoms. The fraction of sp³-hybridized carbons (Fsp3) is 0.700. The maximum Gasteiger partial charge on any atom is 0.313 e. The summed E-state index contributed by atoms with van der Waals surface area (Å²) in [7, 11) is 1.45. The van der Waals surface area contributed by atoms with Gasteiger partial charge in [-0.1, -0.05) is 12.5 Å². The molecule has 74 valence electrons. The minimum absolute atomic E-state index is 0.0738. The van der Waals surface area contributed by atoms with E-state index in [1.54, 1.807) is 6.08 Å². The molecule has 13 heavy (non-hydrogen) atoms. The van der Waals surface area contributed by atoms with E-state index in [1.165, 1.54) is 7.11 Å². The number of hydrogen-bond acceptors (Lipinski definition) is 3. The summed E-state index contributed by atoms with van der Waals surface area (Å²) in [5.41, 5.74) is -0.238. The van der Waals surface area contributed by atoms with E-state index in [4.69, 9.17) is 4.74 Å². The lowest BCUT2D eigenvalue weighted by Gasteiger charge is -2.38. The van der Waals surface area contributed by atoms with Gasteiger partial charge in [0.25, 0.3) is 0 Å². The Bertz CT molecular complexity index is 197. The van der Waals surface area contributed by atoms with Crippen molar-refractivity contribution in [1.29, 1.82) is 0 Å². The number of hydrogen-bond donors (Lipinski definition) is 1. The Hall–Kier alpha value is -0.830. The Labute approximate surface area is 79.2 Å². The third-order valence-corrected chi connectivity index (χ3v) is 2.68. The van der Waals surface area contributed by atoms with Gasteiger partial charge in [0, 0.05) is 13.1 Å². The van der Waals surface area contributed by atoms with E-state index >= 15 is 0 Å². The summed E-state index contributed by atoms with van der Waals surface area (Å²) in [6.45, 7) is 5.07. The molecule has 0 aliphatic heterocycles. The molecular formula is C10H17NO2. The molecule has 0 radical (unpaired) electrons. The zero-order valence-corrected chi connectivity index (χ0v) is 8.14. The molecule has 1 N–H and O–H groups in total. The quantitative estimate of drug-likeness (QED) is 0.394. The van der Waals surface area contributed by atoms with Crippen LogP contribution in [0.15, 0.2) is 12.7 Å². The van der Waals surface area contributed by atoms with Crippen molar-refractivity contribution in [3.63, 3.8) is 0 Å². The van der Waals surface area contributed by atoms with E-state index in [1.807, 2.05) is 0 Å². The van der Waals surface area contributed by atoms with Crippen molar-refractivity contribution in [3.05, 3.63) is 12.7 Å². The van der Waals surface area contributed by atoms with Crippen molar-refractivity contribution in [2.45, 2.75) is 19.3 Å². The predicted molar refractivity (Wildman–Crippen MR) is 51.4 cm³/mol. The molecule has 0 aromatic rings. The van der Waals surface area contributed by atoms with Crippen LogP contribution in [-0.4, -0.2) is 26.2 Å². The number of ether oxygens (including phenoxy) is 1. The lowest BCUT2D eigenvalue weighted by molar-refractivity contribution is -0.157. The highest BCUT2D eigenvalue weighted by atomic mass is 16.5. The van der Waals surface area contributed by atoms with Crippen LogP contribution in [-0.2, 0) is 9.53 Å². The summed E-state index contributed by atoms with van der Waals surface area (Å²) in [4.78, 5) is 11.4. The molecule has 0 bridgehead atoms. The largest absolute Gasteiger partial charge is 0.469 e. The smallest absolute Gasteiger partial charge is 0.313 e. The van der Waals surface area contributed by atoms with Crippen LogP contribution in [0, 0.1) is 5.41 Å². The first-order valence-electron chi connectivity index (χ1n) is 4.65. The first-order chi connectivity index (χ1) is 6.25. The van der Waals surface area contributed by atoms with Crippen molar-refractivity contribution in [3.8, 4) is 0 Å². The summed E-state index contributed by atoms with van der Waals surface area (Å²) in [6, 6.07) is 0. The molecule has 0 aromatic carbocycles. The van der Waals surface area contributed by atoms with Gasteiger partial charge in [0.1, 0.15) is 0 Å². The minimum atomic E-state index is -0.238. The van der Waals surface area contributed by atoms with Crippen molar-refractivity contribution in [1.82, 2.24) is 5.32 Å². The molecule has 0 heterocycles.